The average molecular weight is 491 g/mol. The van der Waals surface area contributed by atoms with Crippen LogP contribution < -0.4 is 21.5 Å². The lowest BCUT2D eigenvalue weighted by molar-refractivity contribution is -0.146. The zero-order chi connectivity index (χ0) is 25.8. The first-order valence-electron chi connectivity index (χ1n) is 11.9. The summed E-state index contributed by atoms with van der Waals surface area (Å²) < 4.78 is 11.3. The number of carbonyl (C=O) groups excluding carboxylic acids is 4. The maximum Gasteiger partial charge on any atom is 0.412 e. The molecule has 11 heteroatoms. The highest BCUT2D eigenvalue weighted by molar-refractivity contribution is 5.88. The number of esters is 1. The number of carbonyl (C=O) groups is 4. The van der Waals surface area contributed by atoms with Crippen LogP contribution in [0.15, 0.2) is 23.1 Å². The van der Waals surface area contributed by atoms with Gasteiger partial charge in [-0.05, 0) is 58.1 Å². The first-order chi connectivity index (χ1) is 16.5. The minimum Gasteiger partial charge on any atom is -0.467 e. The van der Waals surface area contributed by atoms with Crippen LogP contribution in [0.3, 0.4) is 0 Å². The molecule has 1 aliphatic heterocycles. The molecule has 2 heterocycles. The normalized spacial score (nSPS) is 19.3. The number of hydrogen-bond acceptors (Lipinski definition) is 7. The van der Waals surface area contributed by atoms with Crippen molar-refractivity contribution in [2.75, 3.05) is 19.0 Å². The fourth-order valence-corrected chi connectivity index (χ4v) is 4.06. The number of anilines is 1. The minimum atomic E-state index is -1.03. The lowest BCUT2D eigenvalue weighted by Crippen LogP contribution is -2.47. The van der Waals surface area contributed by atoms with Crippen LogP contribution in [-0.4, -0.2) is 53.7 Å². The Morgan fingerprint density at radius 1 is 1.17 bits per heavy atom. The molecule has 0 aromatic carbocycles. The number of nitrogens with one attached hydrogen (secondary N) is 3. The van der Waals surface area contributed by atoms with Gasteiger partial charge in [0, 0.05) is 18.7 Å². The fourth-order valence-electron chi connectivity index (χ4n) is 4.06. The van der Waals surface area contributed by atoms with E-state index in [9.17, 15) is 24.0 Å². The minimum absolute atomic E-state index is 0.0255. The quantitative estimate of drug-likeness (QED) is 0.447. The van der Waals surface area contributed by atoms with Gasteiger partial charge in [-0.3, -0.25) is 19.7 Å². The predicted molar refractivity (Wildman–Crippen MR) is 127 cm³/mol. The van der Waals surface area contributed by atoms with Crippen LogP contribution >= 0.6 is 0 Å². The van der Waals surface area contributed by atoms with Crippen molar-refractivity contribution in [3.8, 4) is 0 Å². The van der Waals surface area contributed by atoms with E-state index in [-0.39, 0.29) is 23.9 Å². The van der Waals surface area contributed by atoms with Gasteiger partial charge in [0.05, 0.1) is 7.11 Å². The molecule has 3 atom stereocenters. The predicted octanol–water partition coefficient (Wildman–Crippen LogP) is 1.72. The molecule has 35 heavy (non-hydrogen) atoms. The van der Waals surface area contributed by atoms with E-state index in [1.165, 1.54) is 23.9 Å². The van der Waals surface area contributed by atoms with Crippen LogP contribution in [0.1, 0.15) is 58.9 Å². The summed E-state index contributed by atoms with van der Waals surface area (Å²) in [5.74, 6) is -1.49. The zero-order valence-electron chi connectivity index (χ0n) is 20.6. The second-order valence-electron chi connectivity index (χ2n) is 10.1. The van der Waals surface area contributed by atoms with Gasteiger partial charge < -0.3 is 24.7 Å². The van der Waals surface area contributed by atoms with Crippen LogP contribution in [-0.2, 0) is 23.9 Å². The van der Waals surface area contributed by atoms with Crippen LogP contribution in [0.2, 0.25) is 0 Å². The Bertz CT molecular complexity index is 1030. The molecule has 1 aliphatic carbocycles. The van der Waals surface area contributed by atoms with Gasteiger partial charge in [-0.1, -0.05) is 12.8 Å². The summed E-state index contributed by atoms with van der Waals surface area (Å²) in [5, 5.41) is 7.86. The molecule has 1 unspecified atom stereocenters. The smallest absolute Gasteiger partial charge is 0.412 e. The second kappa shape index (κ2) is 10.9. The maximum absolute atomic E-state index is 13.4. The maximum atomic E-state index is 13.4. The van der Waals surface area contributed by atoms with Crippen molar-refractivity contribution in [3.05, 3.63) is 28.7 Å². The van der Waals surface area contributed by atoms with Gasteiger partial charge in [0.1, 0.15) is 23.4 Å². The SMILES string of the molecule is COC(=O)[C@H](C[C@@H]1CCNC1=O)NC(=O)C(CC1CC1)n1cccc(NC(=O)OC(C)(C)C)c1=O. The largest absolute Gasteiger partial charge is 0.467 e. The standard InChI is InChI=1S/C24H34N4O7/c1-24(2,3)35-23(33)27-16-6-5-11-28(21(16)31)18(12-14-7-8-14)20(30)26-17(22(32)34-4)13-15-9-10-25-19(15)29/h5-6,11,14-15,17-18H,7-10,12-13H2,1-4H3,(H,25,29)(H,26,30)(H,27,33)/t15-,17-,18?/m0/s1. The second-order valence-corrected chi connectivity index (χ2v) is 10.1. The monoisotopic (exact) mass is 490 g/mol. The molecule has 1 saturated carbocycles. The molecule has 2 aliphatic rings. The average Bonchev–Trinajstić information content (AvgIpc) is 3.51. The van der Waals surface area contributed by atoms with Gasteiger partial charge in [-0.2, -0.15) is 0 Å². The topological polar surface area (TPSA) is 145 Å². The summed E-state index contributed by atoms with van der Waals surface area (Å²) in [6.07, 6.45) is 3.65. The fraction of sp³-hybridized carbons (Fsp3) is 0.625. The number of ether oxygens (including phenoxy) is 2. The number of hydrogen-bond donors (Lipinski definition) is 3. The van der Waals surface area contributed by atoms with Gasteiger partial charge in [-0.15, -0.1) is 0 Å². The van der Waals surface area contributed by atoms with Crippen molar-refractivity contribution >= 4 is 29.6 Å². The third-order valence-corrected chi connectivity index (χ3v) is 5.99. The lowest BCUT2D eigenvalue weighted by atomic mass is 9.97. The van der Waals surface area contributed by atoms with Crippen molar-refractivity contribution < 1.29 is 28.7 Å². The molecule has 1 aromatic rings. The summed E-state index contributed by atoms with van der Waals surface area (Å²) in [4.78, 5) is 63.1. The Hall–Kier alpha value is -3.37. The van der Waals surface area contributed by atoms with Crippen molar-refractivity contribution in [2.24, 2.45) is 11.8 Å². The molecule has 1 saturated heterocycles. The molecule has 0 radical (unpaired) electrons. The van der Waals surface area contributed by atoms with E-state index in [0.717, 1.165) is 12.8 Å². The van der Waals surface area contributed by atoms with Gasteiger partial charge >= 0.3 is 12.1 Å². The molecular weight excluding hydrogens is 456 g/mol. The Morgan fingerprint density at radius 3 is 2.46 bits per heavy atom. The number of pyridine rings is 1. The van der Waals surface area contributed by atoms with E-state index in [0.29, 0.717) is 19.4 Å². The molecule has 0 bridgehead atoms. The van der Waals surface area contributed by atoms with Crippen LogP contribution in [0, 0.1) is 11.8 Å². The van der Waals surface area contributed by atoms with Crippen LogP contribution in [0.4, 0.5) is 10.5 Å². The highest BCUT2D eigenvalue weighted by Gasteiger charge is 2.36. The van der Waals surface area contributed by atoms with E-state index < -0.39 is 47.1 Å². The van der Waals surface area contributed by atoms with Crippen LogP contribution in [0.5, 0.6) is 0 Å². The summed E-state index contributed by atoms with van der Waals surface area (Å²) in [5.41, 5.74) is -1.34. The van der Waals surface area contributed by atoms with E-state index in [1.807, 2.05) is 0 Å². The first kappa shape index (κ1) is 26.2. The molecular formula is C24H34N4O7. The van der Waals surface area contributed by atoms with Crippen molar-refractivity contribution in [2.45, 2.75) is 70.6 Å². The number of aromatic nitrogens is 1. The Kier molecular flexibility index (Phi) is 8.18. The van der Waals surface area contributed by atoms with Gasteiger partial charge in [0.25, 0.3) is 5.56 Å². The number of methoxy groups -OCH3 is 1. The number of amides is 3. The molecule has 2 fully saturated rings. The number of rotatable bonds is 9. The highest BCUT2D eigenvalue weighted by Crippen LogP contribution is 2.37. The van der Waals surface area contributed by atoms with E-state index in [2.05, 4.69) is 16.0 Å². The van der Waals surface area contributed by atoms with E-state index >= 15 is 0 Å². The summed E-state index contributed by atoms with van der Waals surface area (Å²) in [6, 6.07) is 1.06. The molecule has 192 valence electrons. The first-order valence-corrected chi connectivity index (χ1v) is 11.9. The molecule has 0 spiro atoms. The molecule has 3 N–H and O–H groups in total. The van der Waals surface area contributed by atoms with Crippen molar-refractivity contribution in [1.29, 1.82) is 0 Å². The summed E-state index contributed by atoms with van der Waals surface area (Å²) in [6.45, 7) is 5.64. The highest BCUT2D eigenvalue weighted by atomic mass is 16.6. The van der Waals surface area contributed by atoms with Crippen molar-refractivity contribution in [1.82, 2.24) is 15.2 Å². The number of nitrogens with zero attached hydrogens (tertiary/aromatic N) is 1. The molecule has 3 rings (SSSR count). The van der Waals surface area contributed by atoms with Gasteiger partial charge in [0.15, 0.2) is 0 Å². The molecule has 1 aromatic heterocycles. The Labute approximate surface area is 203 Å². The van der Waals surface area contributed by atoms with Crippen LogP contribution in [0.25, 0.3) is 0 Å². The third kappa shape index (κ3) is 7.30. The Morgan fingerprint density at radius 2 is 1.89 bits per heavy atom. The lowest BCUT2D eigenvalue weighted by Gasteiger charge is -2.24. The summed E-state index contributed by atoms with van der Waals surface area (Å²) >= 11 is 0. The summed E-state index contributed by atoms with van der Waals surface area (Å²) in [7, 11) is 1.22. The Balaban J connectivity index is 1.81. The van der Waals surface area contributed by atoms with E-state index in [1.54, 1.807) is 26.8 Å². The molecule has 3 amide bonds. The van der Waals surface area contributed by atoms with Gasteiger partial charge in [-0.25, -0.2) is 9.59 Å². The third-order valence-electron chi connectivity index (χ3n) is 5.99. The van der Waals surface area contributed by atoms with Crippen molar-refractivity contribution in [3.63, 3.8) is 0 Å². The zero-order valence-corrected chi connectivity index (χ0v) is 20.6. The molecule has 11 nitrogen and oxygen atoms in total. The van der Waals surface area contributed by atoms with E-state index in [4.69, 9.17) is 9.47 Å². The van der Waals surface area contributed by atoms with Gasteiger partial charge in [0.2, 0.25) is 11.8 Å².